The Hall–Kier alpha value is -2.33. The van der Waals surface area contributed by atoms with Crippen LogP contribution in [0.2, 0.25) is 0 Å². The van der Waals surface area contributed by atoms with Crippen molar-refractivity contribution in [3.63, 3.8) is 0 Å². The maximum absolute atomic E-state index is 12.1. The summed E-state index contributed by atoms with van der Waals surface area (Å²) in [7, 11) is 4.08. The van der Waals surface area contributed by atoms with Crippen molar-refractivity contribution in [1.29, 1.82) is 0 Å². The second kappa shape index (κ2) is 10.6. The molecule has 26 heavy (non-hydrogen) atoms. The molecule has 1 unspecified atom stereocenters. The van der Waals surface area contributed by atoms with Gasteiger partial charge in [0.25, 0.3) is 0 Å². The van der Waals surface area contributed by atoms with Gasteiger partial charge in [-0.1, -0.05) is 49.4 Å². The Labute approximate surface area is 157 Å². The van der Waals surface area contributed by atoms with Crippen molar-refractivity contribution >= 4 is 5.91 Å². The molecule has 0 radical (unpaired) electrons. The van der Waals surface area contributed by atoms with E-state index in [0.717, 1.165) is 12.2 Å². The Kier molecular flexibility index (Phi) is 8.16. The molecule has 0 aliphatic carbocycles. The minimum Gasteiger partial charge on any atom is -0.494 e. The molecule has 0 aromatic heterocycles. The maximum atomic E-state index is 12.1. The molecule has 140 valence electrons. The first kappa shape index (κ1) is 20.0. The monoisotopic (exact) mass is 354 g/mol. The fraction of sp³-hybridized carbons (Fsp3) is 0.409. The van der Waals surface area contributed by atoms with Gasteiger partial charge in [0.1, 0.15) is 5.75 Å². The summed E-state index contributed by atoms with van der Waals surface area (Å²) in [6.07, 6.45) is 2.22. The molecular formula is C22H30N2O2. The van der Waals surface area contributed by atoms with Gasteiger partial charge in [-0.3, -0.25) is 4.79 Å². The van der Waals surface area contributed by atoms with Gasteiger partial charge in [-0.15, -0.1) is 0 Å². The van der Waals surface area contributed by atoms with Crippen LogP contribution in [0.15, 0.2) is 54.6 Å². The summed E-state index contributed by atoms with van der Waals surface area (Å²) in [5.74, 6) is 0.912. The molecule has 4 heteroatoms. The Morgan fingerprint density at radius 1 is 1.08 bits per heavy atom. The average Bonchev–Trinajstić information content (AvgIpc) is 2.66. The summed E-state index contributed by atoms with van der Waals surface area (Å²) in [6.45, 7) is 3.31. The maximum Gasteiger partial charge on any atom is 0.220 e. The van der Waals surface area contributed by atoms with E-state index in [1.54, 1.807) is 0 Å². The van der Waals surface area contributed by atoms with Crippen molar-refractivity contribution in [2.24, 2.45) is 0 Å². The number of amides is 1. The standard InChI is InChI=1S/C22H30N2O2/c1-4-18-12-14-19(15-13-18)21(24(2)3)17-23-22(25)11-8-16-26-20-9-6-5-7-10-20/h5-7,9-10,12-15,21H,4,8,11,16-17H2,1-3H3,(H,23,25). The van der Waals surface area contributed by atoms with Crippen molar-refractivity contribution in [3.8, 4) is 5.75 Å². The lowest BCUT2D eigenvalue weighted by molar-refractivity contribution is -0.121. The zero-order chi connectivity index (χ0) is 18.8. The number of para-hydroxylation sites is 1. The van der Waals surface area contributed by atoms with E-state index < -0.39 is 0 Å². The van der Waals surface area contributed by atoms with Gasteiger partial charge in [-0.25, -0.2) is 0 Å². The summed E-state index contributed by atoms with van der Waals surface area (Å²) in [6, 6.07) is 18.5. The first-order chi connectivity index (χ1) is 12.6. The Balaban J connectivity index is 1.74. The Morgan fingerprint density at radius 3 is 2.38 bits per heavy atom. The second-order valence-corrected chi connectivity index (χ2v) is 6.64. The minimum atomic E-state index is 0.0682. The SMILES string of the molecule is CCc1ccc(C(CNC(=O)CCCOc2ccccc2)N(C)C)cc1. The highest BCUT2D eigenvalue weighted by Crippen LogP contribution is 2.18. The quantitative estimate of drug-likeness (QED) is 0.660. The number of aryl methyl sites for hydroxylation is 1. The Bertz CT molecular complexity index is 654. The number of likely N-dealkylation sites (N-methyl/N-ethyl adjacent to an activating group) is 1. The fourth-order valence-electron chi connectivity index (χ4n) is 2.81. The number of benzene rings is 2. The predicted molar refractivity (Wildman–Crippen MR) is 106 cm³/mol. The number of nitrogens with zero attached hydrogens (tertiary/aromatic N) is 1. The number of hydrogen-bond acceptors (Lipinski definition) is 3. The van der Waals surface area contributed by atoms with Gasteiger partial charge in [-0.05, 0) is 50.2 Å². The lowest BCUT2D eigenvalue weighted by Crippen LogP contribution is -2.34. The predicted octanol–water partition coefficient (Wildman–Crippen LogP) is 3.83. The van der Waals surface area contributed by atoms with Crippen LogP contribution in [0.1, 0.15) is 36.9 Å². The Morgan fingerprint density at radius 2 is 1.77 bits per heavy atom. The van der Waals surface area contributed by atoms with Crippen LogP contribution in [0, 0.1) is 0 Å². The molecule has 0 saturated heterocycles. The van der Waals surface area contributed by atoms with Crippen molar-refractivity contribution in [1.82, 2.24) is 10.2 Å². The van der Waals surface area contributed by atoms with E-state index in [1.807, 2.05) is 44.4 Å². The van der Waals surface area contributed by atoms with E-state index >= 15 is 0 Å². The van der Waals surface area contributed by atoms with Gasteiger partial charge in [-0.2, -0.15) is 0 Å². The van der Waals surface area contributed by atoms with E-state index in [0.29, 0.717) is 26.0 Å². The molecule has 2 rings (SSSR count). The van der Waals surface area contributed by atoms with Gasteiger partial charge in [0.05, 0.1) is 12.6 Å². The molecule has 2 aromatic rings. The molecule has 0 saturated carbocycles. The fourth-order valence-corrected chi connectivity index (χ4v) is 2.81. The highest BCUT2D eigenvalue weighted by atomic mass is 16.5. The molecule has 0 aliphatic rings. The molecule has 0 fully saturated rings. The molecule has 0 spiro atoms. The summed E-state index contributed by atoms with van der Waals surface area (Å²) >= 11 is 0. The first-order valence-corrected chi connectivity index (χ1v) is 9.30. The van der Waals surface area contributed by atoms with Crippen molar-refractivity contribution in [3.05, 3.63) is 65.7 Å². The van der Waals surface area contributed by atoms with Crippen molar-refractivity contribution in [2.75, 3.05) is 27.2 Å². The van der Waals surface area contributed by atoms with E-state index in [1.165, 1.54) is 11.1 Å². The van der Waals surface area contributed by atoms with Crippen LogP contribution in [0.5, 0.6) is 5.75 Å². The van der Waals surface area contributed by atoms with Crippen LogP contribution in [0.3, 0.4) is 0 Å². The summed E-state index contributed by atoms with van der Waals surface area (Å²) in [4.78, 5) is 14.3. The third-order valence-electron chi connectivity index (χ3n) is 4.45. The molecule has 0 bridgehead atoms. The summed E-state index contributed by atoms with van der Waals surface area (Å²) < 4.78 is 5.62. The van der Waals surface area contributed by atoms with E-state index in [9.17, 15) is 4.79 Å². The molecule has 0 heterocycles. The second-order valence-electron chi connectivity index (χ2n) is 6.64. The van der Waals surface area contributed by atoms with Crippen LogP contribution in [-0.2, 0) is 11.2 Å². The van der Waals surface area contributed by atoms with E-state index in [-0.39, 0.29) is 11.9 Å². The molecule has 4 nitrogen and oxygen atoms in total. The van der Waals surface area contributed by atoms with Gasteiger partial charge in [0.2, 0.25) is 5.91 Å². The zero-order valence-electron chi connectivity index (χ0n) is 16.1. The molecule has 2 aromatic carbocycles. The van der Waals surface area contributed by atoms with Crippen LogP contribution in [-0.4, -0.2) is 38.1 Å². The number of rotatable bonds is 10. The van der Waals surface area contributed by atoms with Crippen LogP contribution < -0.4 is 10.1 Å². The third-order valence-corrected chi connectivity index (χ3v) is 4.45. The largest absolute Gasteiger partial charge is 0.494 e. The van der Waals surface area contributed by atoms with Crippen LogP contribution in [0.25, 0.3) is 0 Å². The summed E-state index contributed by atoms with van der Waals surface area (Å²) in [5.41, 5.74) is 2.55. The molecule has 1 atom stereocenters. The van der Waals surface area contributed by atoms with Crippen LogP contribution in [0.4, 0.5) is 0 Å². The third kappa shape index (κ3) is 6.52. The smallest absolute Gasteiger partial charge is 0.220 e. The minimum absolute atomic E-state index is 0.0682. The average molecular weight is 354 g/mol. The number of carbonyl (C=O) groups is 1. The van der Waals surface area contributed by atoms with E-state index in [4.69, 9.17) is 4.74 Å². The normalized spacial score (nSPS) is 12.0. The molecule has 0 aliphatic heterocycles. The number of carbonyl (C=O) groups excluding carboxylic acids is 1. The van der Waals surface area contributed by atoms with Crippen molar-refractivity contribution < 1.29 is 9.53 Å². The lowest BCUT2D eigenvalue weighted by Gasteiger charge is -2.25. The zero-order valence-corrected chi connectivity index (χ0v) is 16.1. The molecular weight excluding hydrogens is 324 g/mol. The number of ether oxygens (including phenoxy) is 1. The highest BCUT2D eigenvalue weighted by molar-refractivity contribution is 5.75. The lowest BCUT2D eigenvalue weighted by atomic mass is 10.0. The topological polar surface area (TPSA) is 41.6 Å². The first-order valence-electron chi connectivity index (χ1n) is 9.30. The highest BCUT2D eigenvalue weighted by Gasteiger charge is 2.15. The number of nitrogens with one attached hydrogen (secondary N) is 1. The van der Waals surface area contributed by atoms with Crippen molar-refractivity contribution in [2.45, 2.75) is 32.2 Å². The summed E-state index contributed by atoms with van der Waals surface area (Å²) in [5, 5.41) is 3.05. The molecule has 1 N–H and O–H groups in total. The van der Waals surface area contributed by atoms with Gasteiger partial charge < -0.3 is 15.0 Å². The van der Waals surface area contributed by atoms with E-state index in [2.05, 4.69) is 41.4 Å². The van der Waals surface area contributed by atoms with Gasteiger partial charge in [0.15, 0.2) is 0 Å². The molecule has 1 amide bonds. The van der Waals surface area contributed by atoms with Gasteiger partial charge >= 0.3 is 0 Å². The van der Waals surface area contributed by atoms with Gasteiger partial charge in [0, 0.05) is 13.0 Å². The number of hydrogen-bond donors (Lipinski definition) is 1. The van der Waals surface area contributed by atoms with Crippen LogP contribution >= 0.6 is 0 Å².